The molecule has 1 aliphatic heterocycles. The van der Waals surface area contributed by atoms with Crippen LogP contribution in [0.4, 0.5) is 10.9 Å². The van der Waals surface area contributed by atoms with Gasteiger partial charge in [0, 0.05) is 30.8 Å². The lowest BCUT2D eigenvalue weighted by Gasteiger charge is -2.30. The minimum Gasteiger partial charge on any atom is -0.315 e. The van der Waals surface area contributed by atoms with Crippen LogP contribution in [0.3, 0.4) is 0 Å². The average molecular weight is 354 g/mol. The topological polar surface area (TPSA) is 101 Å². The molecular formula is C13H18N6O2S2. The monoisotopic (exact) mass is 354 g/mol. The molecule has 1 fully saturated rings. The number of aryl methyl sites for hydroxylation is 1. The molecule has 124 valence electrons. The van der Waals surface area contributed by atoms with E-state index in [1.165, 1.54) is 21.9 Å². The summed E-state index contributed by atoms with van der Waals surface area (Å²) in [6.45, 7) is 2.89. The Morgan fingerprint density at radius 1 is 1.39 bits per heavy atom. The molecule has 0 radical (unpaired) electrons. The Balaban J connectivity index is 1.83. The molecule has 3 rings (SSSR count). The first kappa shape index (κ1) is 16.2. The van der Waals surface area contributed by atoms with Crippen LogP contribution in [0.25, 0.3) is 0 Å². The highest BCUT2D eigenvalue weighted by atomic mass is 32.2. The first-order valence-electron chi connectivity index (χ1n) is 7.26. The van der Waals surface area contributed by atoms with Gasteiger partial charge in [0.15, 0.2) is 0 Å². The van der Waals surface area contributed by atoms with E-state index in [9.17, 15) is 8.42 Å². The number of rotatable bonds is 4. The SMILES string of the molecule is Cc1cc(Nc2nncs2)nc([C@@H]2CCCN(S(C)(=O)=O)C2)n1. The highest BCUT2D eigenvalue weighted by Gasteiger charge is 2.28. The number of piperidine rings is 1. The number of sulfonamides is 1. The number of anilines is 2. The predicted octanol–water partition coefficient (Wildman–Crippen LogP) is 1.52. The largest absolute Gasteiger partial charge is 0.315 e. The molecule has 1 aliphatic rings. The third kappa shape index (κ3) is 4.01. The van der Waals surface area contributed by atoms with Gasteiger partial charge in [0.05, 0.1) is 6.26 Å². The lowest BCUT2D eigenvalue weighted by atomic mass is 9.99. The summed E-state index contributed by atoms with van der Waals surface area (Å²) < 4.78 is 25.0. The van der Waals surface area contributed by atoms with Crippen molar-refractivity contribution in [3.8, 4) is 0 Å². The molecule has 23 heavy (non-hydrogen) atoms. The van der Waals surface area contributed by atoms with E-state index in [0.717, 1.165) is 18.5 Å². The van der Waals surface area contributed by atoms with Gasteiger partial charge in [-0.05, 0) is 19.8 Å². The normalized spacial score (nSPS) is 19.7. The highest BCUT2D eigenvalue weighted by Crippen LogP contribution is 2.27. The van der Waals surface area contributed by atoms with Crippen molar-refractivity contribution >= 4 is 32.3 Å². The molecule has 0 unspecified atom stereocenters. The molecule has 0 bridgehead atoms. The van der Waals surface area contributed by atoms with Gasteiger partial charge < -0.3 is 5.32 Å². The Morgan fingerprint density at radius 2 is 2.22 bits per heavy atom. The fourth-order valence-electron chi connectivity index (χ4n) is 2.63. The predicted molar refractivity (Wildman–Crippen MR) is 88.4 cm³/mol. The van der Waals surface area contributed by atoms with Crippen LogP contribution in [-0.4, -0.2) is 52.2 Å². The summed E-state index contributed by atoms with van der Waals surface area (Å²) in [5.41, 5.74) is 2.47. The van der Waals surface area contributed by atoms with E-state index in [1.807, 2.05) is 13.0 Å². The van der Waals surface area contributed by atoms with Gasteiger partial charge >= 0.3 is 0 Å². The molecule has 1 saturated heterocycles. The van der Waals surface area contributed by atoms with Crippen molar-refractivity contribution in [2.75, 3.05) is 24.7 Å². The molecular weight excluding hydrogens is 336 g/mol. The molecule has 10 heteroatoms. The molecule has 0 spiro atoms. The van der Waals surface area contributed by atoms with Crippen molar-refractivity contribution in [1.29, 1.82) is 0 Å². The van der Waals surface area contributed by atoms with E-state index in [1.54, 1.807) is 5.51 Å². The van der Waals surface area contributed by atoms with Crippen LogP contribution >= 0.6 is 11.3 Å². The molecule has 8 nitrogen and oxygen atoms in total. The molecule has 0 aliphatic carbocycles. The van der Waals surface area contributed by atoms with Gasteiger partial charge in [0.25, 0.3) is 0 Å². The van der Waals surface area contributed by atoms with Crippen LogP contribution in [0.15, 0.2) is 11.6 Å². The number of hydrogen-bond acceptors (Lipinski definition) is 8. The minimum absolute atomic E-state index is 0.00773. The van der Waals surface area contributed by atoms with E-state index in [0.29, 0.717) is 29.9 Å². The Bertz CT molecular complexity index is 778. The summed E-state index contributed by atoms with van der Waals surface area (Å²) in [7, 11) is -3.18. The molecule has 2 aromatic rings. The van der Waals surface area contributed by atoms with Crippen molar-refractivity contribution in [1.82, 2.24) is 24.5 Å². The second kappa shape index (κ2) is 6.46. The highest BCUT2D eigenvalue weighted by molar-refractivity contribution is 7.88. The van der Waals surface area contributed by atoms with Gasteiger partial charge in [0.2, 0.25) is 15.2 Å². The number of nitrogens with one attached hydrogen (secondary N) is 1. The third-order valence-electron chi connectivity index (χ3n) is 3.68. The fraction of sp³-hybridized carbons (Fsp3) is 0.538. The van der Waals surface area contributed by atoms with Crippen molar-refractivity contribution < 1.29 is 8.42 Å². The van der Waals surface area contributed by atoms with Crippen LogP contribution in [0.5, 0.6) is 0 Å². The van der Waals surface area contributed by atoms with E-state index >= 15 is 0 Å². The van der Waals surface area contributed by atoms with E-state index in [4.69, 9.17) is 0 Å². The van der Waals surface area contributed by atoms with E-state index in [2.05, 4.69) is 25.5 Å². The van der Waals surface area contributed by atoms with Crippen molar-refractivity contribution in [2.45, 2.75) is 25.7 Å². The maximum absolute atomic E-state index is 11.8. The first-order valence-corrected chi connectivity index (χ1v) is 9.98. The lowest BCUT2D eigenvalue weighted by Crippen LogP contribution is -2.38. The fourth-order valence-corrected chi connectivity index (χ4v) is 3.99. The van der Waals surface area contributed by atoms with Gasteiger partial charge in [-0.2, -0.15) is 0 Å². The Hall–Kier alpha value is -1.65. The summed E-state index contributed by atoms with van der Waals surface area (Å²) in [6.07, 6.45) is 2.94. The quantitative estimate of drug-likeness (QED) is 0.888. The van der Waals surface area contributed by atoms with Crippen LogP contribution in [0.2, 0.25) is 0 Å². The minimum atomic E-state index is -3.18. The lowest BCUT2D eigenvalue weighted by molar-refractivity contribution is 0.311. The van der Waals surface area contributed by atoms with Gasteiger partial charge in [-0.1, -0.05) is 11.3 Å². The third-order valence-corrected chi connectivity index (χ3v) is 5.56. The average Bonchev–Trinajstić information content (AvgIpc) is 2.99. The van der Waals surface area contributed by atoms with Crippen LogP contribution in [0.1, 0.15) is 30.3 Å². The summed E-state index contributed by atoms with van der Waals surface area (Å²) in [4.78, 5) is 9.04. The van der Waals surface area contributed by atoms with Gasteiger partial charge in [-0.15, -0.1) is 10.2 Å². The zero-order valence-corrected chi connectivity index (χ0v) is 14.6. The van der Waals surface area contributed by atoms with Crippen molar-refractivity contribution in [3.05, 3.63) is 23.1 Å². The smallest absolute Gasteiger partial charge is 0.211 e. The summed E-state index contributed by atoms with van der Waals surface area (Å²) in [5, 5.41) is 11.5. The molecule has 0 saturated carbocycles. The van der Waals surface area contributed by atoms with Crippen LogP contribution in [0, 0.1) is 6.92 Å². The van der Waals surface area contributed by atoms with Gasteiger partial charge in [0.1, 0.15) is 17.2 Å². The van der Waals surface area contributed by atoms with Gasteiger partial charge in [-0.3, -0.25) is 0 Å². The Kier molecular flexibility index (Phi) is 4.55. The molecule has 0 aromatic carbocycles. The standard InChI is InChI=1S/C13H18N6O2S2/c1-9-6-11(17-13-18-14-8-22-13)16-12(15-9)10-4-3-5-19(7-10)23(2,20)21/h6,8,10H,3-5,7H2,1-2H3,(H,15,16,17,18)/t10-/m1/s1. The number of hydrogen-bond donors (Lipinski definition) is 1. The first-order chi connectivity index (χ1) is 10.9. The molecule has 0 amide bonds. The number of aromatic nitrogens is 4. The maximum atomic E-state index is 11.8. The molecule has 1 atom stereocenters. The zero-order chi connectivity index (χ0) is 16.4. The Labute approximate surface area is 139 Å². The summed E-state index contributed by atoms with van der Waals surface area (Å²) >= 11 is 1.39. The van der Waals surface area contributed by atoms with Crippen LogP contribution < -0.4 is 5.32 Å². The Morgan fingerprint density at radius 3 is 2.91 bits per heavy atom. The second-order valence-corrected chi connectivity index (χ2v) is 8.40. The van der Waals surface area contributed by atoms with Crippen molar-refractivity contribution in [3.63, 3.8) is 0 Å². The molecule has 1 N–H and O–H groups in total. The number of nitrogens with zero attached hydrogens (tertiary/aromatic N) is 5. The summed E-state index contributed by atoms with van der Waals surface area (Å²) in [6, 6.07) is 1.84. The molecule has 2 aromatic heterocycles. The van der Waals surface area contributed by atoms with Crippen molar-refractivity contribution in [2.24, 2.45) is 0 Å². The summed E-state index contributed by atoms with van der Waals surface area (Å²) in [5.74, 6) is 1.33. The zero-order valence-electron chi connectivity index (χ0n) is 12.9. The van der Waals surface area contributed by atoms with Crippen LogP contribution in [-0.2, 0) is 10.0 Å². The molecule has 3 heterocycles. The van der Waals surface area contributed by atoms with Gasteiger partial charge in [-0.25, -0.2) is 22.7 Å². The second-order valence-electron chi connectivity index (χ2n) is 5.58. The van der Waals surface area contributed by atoms with E-state index < -0.39 is 10.0 Å². The maximum Gasteiger partial charge on any atom is 0.211 e. The van der Waals surface area contributed by atoms with E-state index in [-0.39, 0.29) is 5.92 Å².